The van der Waals surface area contributed by atoms with Gasteiger partial charge < -0.3 is 5.32 Å². The van der Waals surface area contributed by atoms with Gasteiger partial charge in [-0.25, -0.2) is 4.98 Å². The first-order chi connectivity index (χ1) is 8.24. The van der Waals surface area contributed by atoms with Crippen LogP contribution in [0.1, 0.15) is 16.3 Å². The predicted molar refractivity (Wildman–Crippen MR) is 69.8 cm³/mol. The van der Waals surface area contributed by atoms with E-state index in [4.69, 9.17) is 0 Å². The Morgan fingerprint density at radius 2 is 2.18 bits per heavy atom. The zero-order valence-corrected chi connectivity index (χ0v) is 10.0. The lowest BCUT2D eigenvalue weighted by atomic mass is 10.1. The van der Waals surface area contributed by atoms with Crippen molar-refractivity contribution >= 4 is 34.6 Å². The molecule has 2 heterocycles. The molecular formula is C13H10N2OS. The summed E-state index contributed by atoms with van der Waals surface area (Å²) >= 11 is 1.58. The molecule has 1 aliphatic rings. The third-order valence-electron chi connectivity index (χ3n) is 2.64. The van der Waals surface area contributed by atoms with E-state index < -0.39 is 0 Å². The molecule has 1 aromatic carbocycles. The first-order valence-electron chi connectivity index (χ1n) is 5.28. The largest absolute Gasteiger partial charge is 0.321 e. The maximum Gasteiger partial charge on any atom is 0.256 e. The summed E-state index contributed by atoms with van der Waals surface area (Å²) in [5.74, 6) is -0.0585. The lowest BCUT2D eigenvalue weighted by molar-refractivity contribution is -0.110. The number of anilines is 1. The Morgan fingerprint density at radius 1 is 1.35 bits per heavy atom. The standard InChI is InChI=1S/C13H10N2OS/c1-8-14-9(7-17-8)6-11-10-4-2-3-5-12(10)15-13(11)16/h2-7H,1H3,(H,15,16). The van der Waals surface area contributed by atoms with E-state index >= 15 is 0 Å². The third-order valence-corrected chi connectivity index (χ3v) is 3.43. The van der Waals surface area contributed by atoms with Crippen LogP contribution in [0.2, 0.25) is 0 Å². The van der Waals surface area contributed by atoms with Crippen molar-refractivity contribution < 1.29 is 4.79 Å². The van der Waals surface area contributed by atoms with Crippen LogP contribution in [0.4, 0.5) is 5.69 Å². The number of fused-ring (bicyclic) bond motifs is 1. The van der Waals surface area contributed by atoms with Gasteiger partial charge in [0.2, 0.25) is 0 Å². The molecule has 0 aliphatic carbocycles. The van der Waals surface area contributed by atoms with E-state index in [1.54, 1.807) is 11.3 Å². The minimum Gasteiger partial charge on any atom is -0.321 e. The van der Waals surface area contributed by atoms with Crippen LogP contribution >= 0.6 is 11.3 Å². The summed E-state index contributed by atoms with van der Waals surface area (Å²) in [4.78, 5) is 16.2. The SMILES string of the molecule is Cc1nc(C=C2C(=O)Nc3ccccc32)cs1. The van der Waals surface area contributed by atoms with E-state index in [0.717, 1.165) is 22.0 Å². The fourth-order valence-electron chi connectivity index (χ4n) is 1.88. The van der Waals surface area contributed by atoms with Crippen LogP contribution in [-0.4, -0.2) is 10.9 Å². The van der Waals surface area contributed by atoms with E-state index in [9.17, 15) is 4.79 Å². The number of para-hydroxylation sites is 1. The molecular weight excluding hydrogens is 232 g/mol. The Hall–Kier alpha value is -1.94. The van der Waals surface area contributed by atoms with Crippen molar-refractivity contribution in [2.45, 2.75) is 6.92 Å². The number of carbonyl (C=O) groups is 1. The van der Waals surface area contributed by atoms with Crippen LogP contribution in [0, 0.1) is 6.92 Å². The van der Waals surface area contributed by atoms with Gasteiger partial charge >= 0.3 is 0 Å². The Morgan fingerprint density at radius 3 is 2.94 bits per heavy atom. The molecule has 17 heavy (non-hydrogen) atoms. The molecule has 0 atom stereocenters. The molecule has 3 rings (SSSR count). The number of carbonyl (C=O) groups excluding carboxylic acids is 1. The molecule has 1 amide bonds. The third kappa shape index (κ3) is 1.76. The number of hydrogen-bond acceptors (Lipinski definition) is 3. The van der Waals surface area contributed by atoms with Crippen LogP contribution in [0.15, 0.2) is 29.6 Å². The smallest absolute Gasteiger partial charge is 0.256 e. The number of benzene rings is 1. The topological polar surface area (TPSA) is 42.0 Å². The fraction of sp³-hybridized carbons (Fsp3) is 0.0769. The van der Waals surface area contributed by atoms with Crippen molar-refractivity contribution in [3.63, 3.8) is 0 Å². The summed E-state index contributed by atoms with van der Waals surface area (Å²) in [7, 11) is 0. The second-order valence-corrected chi connectivity index (χ2v) is 4.91. The lowest BCUT2D eigenvalue weighted by Crippen LogP contribution is -2.03. The highest BCUT2D eigenvalue weighted by molar-refractivity contribution is 7.09. The molecule has 0 unspecified atom stereocenters. The van der Waals surface area contributed by atoms with Crippen molar-refractivity contribution in [1.29, 1.82) is 0 Å². The molecule has 0 bridgehead atoms. The van der Waals surface area contributed by atoms with Crippen molar-refractivity contribution in [3.8, 4) is 0 Å². The van der Waals surface area contributed by atoms with E-state index in [1.165, 1.54) is 0 Å². The molecule has 0 saturated carbocycles. The molecule has 2 aromatic rings. The molecule has 0 saturated heterocycles. The van der Waals surface area contributed by atoms with Crippen LogP contribution in [0.25, 0.3) is 11.6 Å². The molecule has 0 radical (unpaired) electrons. The average molecular weight is 242 g/mol. The van der Waals surface area contributed by atoms with Crippen molar-refractivity contribution in [2.24, 2.45) is 0 Å². The van der Waals surface area contributed by atoms with E-state index in [0.29, 0.717) is 5.57 Å². The summed E-state index contributed by atoms with van der Waals surface area (Å²) < 4.78 is 0. The highest BCUT2D eigenvalue weighted by atomic mass is 32.1. The zero-order chi connectivity index (χ0) is 11.8. The fourth-order valence-corrected chi connectivity index (χ4v) is 2.45. The number of aryl methyl sites for hydroxylation is 1. The molecule has 1 N–H and O–H groups in total. The number of rotatable bonds is 1. The summed E-state index contributed by atoms with van der Waals surface area (Å²) in [6.07, 6.45) is 1.84. The lowest BCUT2D eigenvalue weighted by Gasteiger charge is -1.95. The van der Waals surface area contributed by atoms with Gasteiger partial charge in [0, 0.05) is 16.6 Å². The summed E-state index contributed by atoms with van der Waals surface area (Å²) in [5, 5.41) is 5.80. The maximum atomic E-state index is 11.8. The van der Waals surface area contributed by atoms with Gasteiger partial charge in [0.05, 0.1) is 16.3 Å². The normalized spacial score (nSPS) is 16.1. The molecule has 84 valence electrons. The van der Waals surface area contributed by atoms with E-state index in [2.05, 4.69) is 10.3 Å². The number of amides is 1. The van der Waals surface area contributed by atoms with Gasteiger partial charge in [0.15, 0.2) is 0 Å². The Balaban J connectivity index is 2.09. The number of hydrogen-bond donors (Lipinski definition) is 1. The Labute approximate surface area is 103 Å². The minimum atomic E-state index is -0.0585. The van der Waals surface area contributed by atoms with Gasteiger partial charge in [-0.05, 0) is 19.1 Å². The number of nitrogens with zero attached hydrogens (tertiary/aromatic N) is 1. The van der Waals surface area contributed by atoms with Crippen LogP contribution in [-0.2, 0) is 4.79 Å². The van der Waals surface area contributed by atoms with Gasteiger partial charge in [-0.1, -0.05) is 18.2 Å². The second kappa shape index (κ2) is 3.82. The van der Waals surface area contributed by atoms with Crippen molar-refractivity contribution in [3.05, 3.63) is 45.9 Å². The van der Waals surface area contributed by atoms with Crippen molar-refractivity contribution in [1.82, 2.24) is 4.98 Å². The van der Waals surface area contributed by atoms with Crippen LogP contribution in [0.3, 0.4) is 0 Å². The van der Waals surface area contributed by atoms with Gasteiger partial charge in [0.25, 0.3) is 5.91 Å². The van der Waals surface area contributed by atoms with E-state index in [1.807, 2.05) is 42.6 Å². The monoisotopic (exact) mass is 242 g/mol. The second-order valence-electron chi connectivity index (χ2n) is 3.85. The zero-order valence-electron chi connectivity index (χ0n) is 9.23. The minimum absolute atomic E-state index is 0.0585. The molecule has 1 aromatic heterocycles. The van der Waals surface area contributed by atoms with Gasteiger partial charge in [-0.15, -0.1) is 11.3 Å². The molecule has 4 heteroatoms. The van der Waals surface area contributed by atoms with Gasteiger partial charge in [-0.3, -0.25) is 4.79 Å². The summed E-state index contributed by atoms with van der Waals surface area (Å²) in [6.45, 7) is 1.95. The first-order valence-corrected chi connectivity index (χ1v) is 6.16. The Bertz CT molecular complexity index is 628. The molecule has 3 nitrogen and oxygen atoms in total. The number of aromatic nitrogens is 1. The van der Waals surface area contributed by atoms with E-state index in [-0.39, 0.29) is 5.91 Å². The summed E-state index contributed by atoms with van der Waals surface area (Å²) in [6, 6.07) is 7.69. The van der Waals surface area contributed by atoms with Crippen molar-refractivity contribution in [2.75, 3.05) is 5.32 Å². The average Bonchev–Trinajstić information content (AvgIpc) is 2.85. The number of thiazole rings is 1. The van der Waals surface area contributed by atoms with Crippen LogP contribution < -0.4 is 5.32 Å². The molecule has 1 aliphatic heterocycles. The molecule has 0 fully saturated rings. The quantitative estimate of drug-likeness (QED) is 0.781. The highest BCUT2D eigenvalue weighted by Gasteiger charge is 2.23. The van der Waals surface area contributed by atoms with Crippen LogP contribution in [0.5, 0.6) is 0 Å². The predicted octanol–water partition coefficient (Wildman–Crippen LogP) is 2.94. The first kappa shape index (κ1) is 10.2. The summed E-state index contributed by atoms with van der Waals surface area (Å²) in [5.41, 5.74) is 3.35. The number of nitrogens with one attached hydrogen (secondary N) is 1. The molecule has 0 spiro atoms. The van der Waals surface area contributed by atoms with Gasteiger partial charge in [0.1, 0.15) is 0 Å². The van der Waals surface area contributed by atoms with Gasteiger partial charge in [-0.2, -0.15) is 0 Å². The Kier molecular flexibility index (Phi) is 2.30. The maximum absolute atomic E-state index is 11.8. The highest BCUT2D eigenvalue weighted by Crippen LogP contribution is 2.32.